The standard InChI is InChI=1S/C12H22N2O4S/c1-19(16,17)14-8-6-10(7-9-14)12(15)13-18-11-4-2-3-5-11/h10-11H,2-9H2,1H3,(H,13,15). The molecule has 0 aromatic heterocycles. The highest BCUT2D eigenvalue weighted by Crippen LogP contribution is 2.22. The summed E-state index contributed by atoms with van der Waals surface area (Å²) >= 11 is 0. The average Bonchev–Trinajstić information content (AvgIpc) is 2.88. The van der Waals surface area contributed by atoms with Crippen LogP contribution in [0.2, 0.25) is 0 Å². The van der Waals surface area contributed by atoms with E-state index in [9.17, 15) is 13.2 Å². The molecule has 1 N–H and O–H groups in total. The van der Waals surface area contributed by atoms with E-state index in [2.05, 4.69) is 5.48 Å². The van der Waals surface area contributed by atoms with E-state index < -0.39 is 10.0 Å². The lowest BCUT2D eigenvalue weighted by atomic mass is 9.98. The van der Waals surface area contributed by atoms with Crippen LogP contribution in [-0.2, 0) is 19.7 Å². The van der Waals surface area contributed by atoms with Gasteiger partial charge in [-0.05, 0) is 25.7 Å². The fraction of sp³-hybridized carbons (Fsp3) is 0.917. The molecule has 0 spiro atoms. The molecule has 2 aliphatic rings. The maximum Gasteiger partial charge on any atom is 0.246 e. The maximum atomic E-state index is 11.9. The molecule has 6 nitrogen and oxygen atoms in total. The van der Waals surface area contributed by atoms with E-state index in [4.69, 9.17) is 4.84 Å². The van der Waals surface area contributed by atoms with Gasteiger partial charge >= 0.3 is 0 Å². The highest BCUT2D eigenvalue weighted by molar-refractivity contribution is 7.88. The van der Waals surface area contributed by atoms with Crippen molar-refractivity contribution in [1.82, 2.24) is 9.79 Å². The van der Waals surface area contributed by atoms with Crippen molar-refractivity contribution in [1.29, 1.82) is 0 Å². The van der Waals surface area contributed by atoms with Crippen molar-refractivity contribution in [3.05, 3.63) is 0 Å². The molecule has 0 bridgehead atoms. The summed E-state index contributed by atoms with van der Waals surface area (Å²) in [6.07, 6.45) is 6.82. The van der Waals surface area contributed by atoms with Gasteiger partial charge in [0.15, 0.2) is 0 Å². The number of hydrogen-bond acceptors (Lipinski definition) is 4. The highest BCUT2D eigenvalue weighted by atomic mass is 32.2. The van der Waals surface area contributed by atoms with Gasteiger partial charge in [0.1, 0.15) is 0 Å². The van der Waals surface area contributed by atoms with Crippen LogP contribution in [0.5, 0.6) is 0 Å². The first-order chi connectivity index (χ1) is 8.97. The van der Waals surface area contributed by atoms with E-state index in [-0.39, 0.29) is 17.9 Å². The molecule has 1 aliphatic carbocycles. The van der Waals surface area contributed by atoms with Crippen LogP contribution in [0.1, 0.15) is 38.5 Å². The Morgan fingerprint density at radius 2 is 1.74 bits per heavy atom. The van der Waals surface area contributed by atoms with Crippen molar-refractivity contribution < 1.29 is 18.0 Å². The van der Waals surface area contributed by atoms with Crippen LogP contribution < -0.4 is 5.48 Å². The number of carbonyl (C=O) groups is 1. The van der Waals surface area contributed by atoms with Gasteiger partial charge in [-0.15, -0.1) is 0 Å². The molecule has 0 atom stereocenters. The lowest BCUT2D eigenvalue weighted by Gasteiger charge is -2.29. The van der Waals surface area contributed by atoms with Gasteiger partial charge in [-0.3, -0.25) is 9.63 Å². The Morgan fingerprint density at radius 3 is 2.26 bits per heavy atom. The van der Waals surface area contributed by atoms with Gasteiger partial charge in [-0.1, -0.05) is 12.8 Å². The Kier molecular flexibility index (Phi) is 4.81. The van der Waals surface area contributed by atoms with Gasteiger partial charge in [0.2, 0.25) is 15.9 Å². The maximum absolute atomic E-state index is 11.9. The quantitative estimate of drug-likeness (QED) is 0.771. The summed E-state index contributed by atoms with van der Waals surface area (Å²) in [7, 11) is -3.13. The van der Waals surface area contributed by atoms with E-state index in [1.165, 1.54) is 10.6 Å². The van der Waals surface area contributed by atoms with E-state index in [0.717, 1.165) is 25.7 Å². The van der Waals surface area contributed by atoms with Gasteiger partial charge < -0.3 is 0 Å². The molecule has 0 aromatic rings. The molecule has 7 heteroatoms. The zero-order chi connectivity index (χ0) is 13.9. The van der Waals surface area contributed by atoms with Gasteiger partial charge in [-0.2, -0.15) is 0 Å². The first-order valence-electron chi connectivity index (χ1n) is 6.87. The minimum absolute atomic E-state index is 0.111. The monoisotopic (exact) mass is 290 g/mol. The number of carbonyl (C=O) groups excluding carboxylic acids is 1. The largest absolute Gasteiger partial charge is 0.272 e. The van der Waals surface area contributed by atoms with Crippen molar-refractivity contribution >= 4 is 15.9 Å². The Bertz CT molecular complexity index is 409. The number of nitrogens with zero attached hydrogens (tertiary/aromatic N) is 1. The van der Waals surface area contributed by atoms with E-state index in [1.807, 2.05) is 0 Å². The summed E-state index contributed by atoms with van der Waals surface area (Å²) in [5, 5.41) is 0. The molecule has 0 aromatic carbocycles. The molecule has 0 unspecified atom stereocenters. The predicted octanol–water partition coefficient (Wildman–Crippen LogP) is 0.648. The van der Waals surface area contributed by atoms with Gasteiger partial charge in [0.25, 0.3) is 0 Å². The van der Waals surface area contributed by atoms with Crippen LogP contribution in [0.25, 0.3) is 0 Å². The van der Waals surface area contributed by atoms with Crippen LogP contribution in [0.15, 0.2) is 0 Å². The summed E-state index contributed by atoms with van der Waals surface area (Å²) in [5.74, 6) is -0.251. The second-order valence-corrected chi connectivity index (χ2v) is 7.41. The molecule has 19 heavy (non-hydrogen) atoms. The van der Waals surface area contributed by atoms with E-state index >= 15 is 0 Å². The van der Waals surface area contributed by atoms with E-state index in [1.54, 1.807) is 0 Å². The Morgan fingerprint density at radius 1 is 1.16 bits per heavy atom. The second kappa shape index (κ2) is 6.19. The SMILES string of the molecule is CS(=O)(=O)N1CCC(C(=O)NOC2CCCC2)CC1. The number of nitrogens with one attached hydrogen (secondary N) is 1. The Hall–Kier alpha value is -0.660. The fourth-order valence-electron chi connectivity index (χ4n) is 2.68. The van der Waals surface area contributed by atoms with Crippen molar-refractivity contribution in [3.63, 3.8) is 0 Å². The molecule has 2 fully saturated rings. The topological polar surface area (TPSA) is 75.7 Å². The van der Waals surface area contributed by atoms with Crippen LogP contribution in [-0.4, -0.2) is 44.1 Å². The molecular weight excluding hydrogens is 268 g/mol. The summed E-state index contributed by atoms with van der Waals surface area (Å²) in [4.78, 5) is 17.3. The summed E-state index contributed by atoms with van der Waals surface area (Å²) in [6, 6.07) is 0. The van der Waals surface area contributed by atoms with Crippen LogP contribution in [0, 0.1) is 5.92 Å². The number of rotatable bonds is 4. The molecule has 1 saturated carbocycles. The van der Waals surface area contributed by atoms with Crippen molar-refractivity contribution in [2.24, 2.45) is 5.92 Å². The first-order valence-corrected chi connectivity index (χ1v) is 8.72. The molecule has 1 amide bonds. The predicted molar refractivity (Wildman–Crippen MR) is 70.6 cm³/mol. The molecule has 110 valence electrons. The first kappa shape index (κ1) is 14.7. The third kappa shape index (κ3) is 4.15. The Labute approximate surface area is 114 Å². The van der Waals surface area contributed by atoms with E-state index in [0.29, 0.717) is 25.9 Å². The molecule has 0 radical (unpaired) electrons. The molecule has 1 heterocycles. The van der Waals surface area contributed by atoms with Gasteiger partial charge in [-0.25, -0.2) is 18.2 Å². The molecular formula is C12H22N2O4S. The lowest BCUT2D eigenvalue weighted by molar-refractivity contribution is -0.143. The third-order valence-corrected chi connectivity index (χ3v) is 5.23. The Balaban J connectivity index is 1.73. The normalized spacial score (nSPS) is 23.6. The second-order valence-electron chi connectivity index (χ2n) is 5.43. The summed E-state index contributed by atoms with van der Waals surface area (Å²) in [5.41, 5.74) is 2.54. The lowest BCUT2D eigenvalue weighted by Crippen LogP contribution is -2.43. The highest BCUT2D eigenvalue weighted by Gasteiger charge is 2.29. The molecule has 1 aliphatic heterocycles. The van der Waals surface area contributed by atoms with Crippen molar-refractivity contribution in [2.45, 2.75) is 44.6 Å². The number of hydrogen-bond donors (Lipinski definition) is 1. The van der Waals surface area contributed by atoms with Crippen LogP contribution in [0.3, 0.4) is 0 Å². The van der Waals surface area contributed by atoms with Crippen LogP contribution >= 0.6 is 0 Å². The molecule has 1 saturated heterocycles. The minimum atomic E-state index is -3.13. The van der Waals surface area contributed by atoms with Crippen molar-refractivity contribution in [3.8, 4) is 0 Å². The number of hydroxylamine groups is 1. The average molecular weight is 290 g/mol. The smallest absolute Gasteiger partial charge is 0.246 e. The zero-order valence-corrected chi connectivity index (χ0v) is 12.1. The summed E-state index contributed by atoms with van der Waals surface area (Å²) in [6.45, 7) is 0.834. The van der Waals surface area contributed by atoms with Crippen molar-refractivity contribution in [2.75, 3.05) is 19.3 Å². The van der Waals surface area contributed by atoms with Gasteiger partial charge in [0, 0.05) is 19.0 Å². The summed E-state index contributed by atoms with van der Waals surface area (Å²) < 4.78 is 24.2. The fourth-order valence-corrected chi connectivity index (χ4v) is 3.55. The molecule has 2 rings (SSSR count). The minimum Gasteiger partial charge on any atom is -0.272 e. The number of piperidine rings is 1. The number of amides is 1. The third-order valence-electron chi connectivity index (χ3n) is 3.92. The van der Waals surface area contributed by atoms with Crippen LogP contribution in [0.4, 0.5) is 0 Å². The number of sulfonamides is 1. The zero-order valence-electron chi connectivity index (χ0n) is 11.3. The van der Waals surface area contributed by atoms with Gasteiger partial charge in [0.05, 0.1) is 12.4 Å².